The number of nitrogens with one attached hydrogen (secondary N) is 2. The Hall–Kier alpha value is -2.64. The van der Waals surface area contributed by atoms with E-state index in [2.05, 4.69) is 27.3 Å². The number of hydrogen-bond donors (Lipinski definition) is 2. The summed E-state index contributed by atoms with van der Waals surface area (Å²) in [7, 11) is 0. The van der Waals surface area contributed by atoms with Gasteiger partial charge in [0.05, 0.1) is 36.5 Å². The number of aromatic nitrogens is 2. The molecule has 32 heavy (non-hydrogen) atoms. The van der Waals surface area contributed by atoms with E-state index in [1.54, 1.807) is 0 Å². The van der Waals surface area contributed by atoms with E-state index in [1.807, 2.05) is 26.0 Å². The Morgan fingerprint density at radius 2 is 1.94 bits per heavy atom. The van der Waals surface area contributed by atoms with Gasteiger partial charge in [0.25, 0.3) is 0 Å². The maximum atomic E-state index is 13.9. The number of nitrogens with zero attached hydrogens (tertiary/aromatic N) is 2. The second-order valence-corrected chi connectivity index (χ2v) is 8.43. The molecule has 2 fully saturated rings. The molecule has 6 nitrogen and oxygen atoms in total. The number of fused-ring (bicyclic) bond motifs is 2. The highest BCUT2D eigenvalue weighted by atomic mass is 19.1. The highest BCUT2D eigenvalue weighted by Gasteiger charge is 2.36. The number of morpholine rings is 1. The van der Waals surface area contributed by atoms with Gasteiger partial charge in [-0.1, -0.05) is 26.0 Å². The summed E-state index contributed by atoms with van der Waals surface area (Å²) in [6.45, 7) is 7.68. The summed E-state index contributed by atoms with van der Waals surface area (Å²) >= 11 is 0. The van der Waals surface area contributed by atoms with Crippen LogP contribution < -0.4 is 10.1 Å². The van der Waals surface area contributed by atoms with E-state index in [-0.39, 0.29) is 17.9 Å². The Labute approximate surface area is 188 Å². The first kappa shape index (κ1) is 21.2. The number of anilines is 1. The molecular formula is C25H31FN4O2. The van der Waals surface area contributed by atoms with Gasteiger partial charge in [-0.3, -0.25) is 4.90 Å². The van der Waals surface area contributed by atoms with Crippen LogP contribution in [0.3, 0.4) is 0 Å². The molecule has 3 aliphatic rings. The minimum Gasteiger partial charge on any atom is -0.491 e. The minimum atomic E-state index is -0.277. The normalized spacial score (nSPS) is 23.1. The van der Waals surface area contributed by atoms with Crippen LogP contribution in [0.1, 0.15) is 50.0 Å². The number of halogens is 1. The lowest BCUT2D eigenvalue weighted by molar-refractivity contribution is -0.00344. The van der Waals surface area contributed by atoms with E-state index in [0.29, 0.717) is 18.3 Å². The summed E-state index contributed by atoms with van der Waals surface area (Å²) in [5.74, 6) is 1.99. The number of hydrogen-bond acceptors (Lipinski definition) is 5. The maximum absolute atomic E-state index is 13.9. The van der Waals surface area contributed by atoms with Crippen LogP contribution >= 0.6 is 0 Å². The fourth-order valence-electron chi connectivity index (χ4n) is 4.65. The van der Waals surface area contributed by atoms with Crippen molar-refractivity contribution >= 4 is 16.7 Å². The van der Waals surface area contributed by atoms with Crippen LogP contribution in [0.25, 0.3) is 11.0 Å². The summed E-state index contributed by atoms with van der Waals surface area (Å²) in [5.41, 5.74) is 4.00. The van der Waals surface area contributed by atoms with Crippen molar-refractivity contribution in [2.45, 2.75) is 44.7 Å². The predicted molar refractivity (Wildman–Crippen MR) is 124 cm³/mol. The number of imidazole rings is 1. The molecule has 2 unspecified atom stereocenters. The van der Waals surface area contributed by atoms with Gasteiger partial charge >= 0.3 is 0 Å². The minimum absolute atomic E-state index is 0.0286. The summed E-state index contributed by atoms with van der Waals surface area (Å²) in [6.07, 6.45) is 2.42. The number of para-hydroxylation sites is 1. The van der Waals surface area contributed by atoms with Gasteiger partial charge in [-0.05, 0) is 31.0 Å². The molecule has 0 amide bonds. The van der Waals surface area contributed by atoms with Crippen LogP contribution in [0.4, 0.5) is 10.1 Å². The molecule has 7 heteroatoms. The van der Waals surface area contributed by atoms with E-state index in [4.69, 9.17) is 14.5 Å². The highest BCUT2D eigenvalue weighted by molar-refractivity contribution is 5.88. The fraction of sp³-hybridized carbons (Fsp3) is 0.480. The van der Waals surface area contributed by atoms with Crippen molar-refractivity contribution < 1.29 is 13.9 Å². The third-order valence-corrected chi connectivity index (χ3v) is 6.43. The number of aromatic amines is 1. The molecule has 2 aromatic carbocycles. The van der Waals surface area contributed by atoms with Crippen LogP contribution in [0.2, 0.25) is 0 Å². The quantitative estimate of drug-likeness (QED) is 0.610. The number of benzene rings is 2. The second-order valence-electron chi connectivity index (χ2n) is 8.43. The zero-order valence-corrected chi connectivity index (χ0v) is 18.7. The number of rotatable bonds is 4. The molecular weight excluding hydrogens is 407 g/mol. The SMILES string of the molecule is CC.Fc1ccc2c(c1)OCC(N1CCOCC1)C2Nc1cccc2[nH]c(C3CC3)nc12. The van der Waals surface area contributed by atoms with Gasteiger partial charge < -0.3 is 19.8 Å². The molecule has 1 saturated carbocycles. The monoisotopic (exact) mass is 438 g/mol. The average molecular weight is 439 g/mol. The van der Waals surface area contributed by atoms with Gasteiger partial charge in [0.1, 0.15) is 29.5 Å². The van der Waals surface area contributed by atoms with Crippen molar-refractivity contribution in [1.82, 2.24) is 14.9 Å². The van der Waals surface area contributed by atoms with Crippen molar-refractivity contribution in [1.29, 1.82) is 0 Å². The molecule has 2 atom stereocenters. The molecule has 6 rings (SSSR count). The van der Waals surface area contributed by atoms with Gasteiger partial charge in [0.2, 0.25) is 0 Å². The standard InChI is InChI=1S/C23H25FN4O2.C2H6/c24-15-6-7-16-20(12-15)30-13-19(28-8-10-29-11-9-28)21(16)25-17-2-1-3-18-22(17)27-23(26-18)14-4-5-14;1-2/h1-3,6-7,12,14,19,21,25H,4-5,8-11,13H2,(H,26,27);1-2H3. The third kappa shape index (κ3) is 4.07. The maximum Gasteiger partial charge on any atom is 0.127 e. The molecule has 0 bridgehead atoms. The molecule has 3 heterocycles. The summed E-state index contributed by atoms with van der Waals surface area (Å²) < 4.78 is 25.4. The fourth-order valence-corrected chi connectivity index (χ4v) is 4.65. The van der Waals surface area contributed by atoms with E-state index in [9.17, 15) is 4.39 Å². The van der Waals surface area contributed by atoms with Gasteiger partial charge in [-0.25, -0.2) is 9.37 Å². The third-order valence-electron chi connectivity index (χ3n) is 6.43. The molecule has 2 N–H and O–H groups in total. The molecule has 0 radical (unpaired) electrons. The zero-order chi connectivity index (χ0) is 22.1. The Balaban J connectivity index is 0.00000105. The molecule has 1 saturated heterocycles. The average Bonchev–Trinajstić information content (AvgIpc) is 3.59. The largest absolute Gasteiger partial charge is 0.491 e. The topological polar surface area (TPSA) is 62.4 Å². The van der Waals surface area contributed by atoms with Crippen molar-refractivity contribution in [3.63, 3.8) is 0 Å². The first-order chi connectivity index (χ1) is 15.8. The van der Waals surface area contributed by atoms with E-state index < -0.39 is 0 Å². The Morgan fingerprint density at radius 1 is 1.12 bits per heavy atom. The van der Waals surface area contributed by atoms with E-state index in [0.717, 1.165) is 54.4 Å². The predicted octanol–water partition coefficient (Wildman–Crippen LogP) is 4.85. The van der Waals surface area contributed by atoms with Crippen LogP contribution in [0.5, 0.6) is 5.75 Å². The van der Waals surface area contributed by atoms with Gasteiger partial charge in [-0.2, -0.15) is 0 Å². The molecule has 3 aromatic rings. The van der Waals surface area contributed by atoms with Gasteiger partial charge in [0, 0.05) is 30.6 Å². The Morgan fingerprint density at radius 3 is 2.72 bits per heavy atom. The van der Waals surface area contributed by atoms with Crippen molar-refractivity contribution in [2.24, 2.45) is 0 Å². The number of ether oxygens (including phenoxy) is 2. The summed E-state index contributed by atoms with van der Waals surface area (Å²) in [5, 5.41) is 3.75. The second kappa shape index (κ2) is 9.08. The summed E-state index contributed by atoms with van der Waals surface area (Å²) in [6, 6.07) is 11.1. The van der Waals surface area contributed by atoms with Gasteiger partial charge in [0.15, 0.2) is 0 Å². The summed E-state index contributed by atoms with van der Waals surface area (Å²) in [4.78, 5) is 10.8. The molecule has 1 aromatic heterocycles. The smallest absolute Gasteiger partial charge is 0.127 e. The van der Waals surface area contributed by atoms with Crippen molar-refractivity contribution in [3.8, 4) is 5.75 Å². The van der Waals surface area contributed by atoms with Crippen LogP contribution in [-0.2, 0) is 4.74 Å². The highest BCUT2D eigenvalue weighted by Crippen LogP contribution is 2.41. The van der Waals surface area contributed by atoms with Crippen LogP contribution in [-0.4, -0.2) is 53.8 Å². The number of H-pyrrole nitrogens is 1. The first-order valence-corrected chi connectivity index (χ1v) is 11.8. The molecule has 1 aliphatic carbocycles. The van der Waals surface area contributed by atoms with E-state index in [1.165, 1.54) is 25.0 Å². The molecule has 0 spiro atoms. The lowest BCUT2D eigenvalue weighted by Crippen LogP contribution is -2.52. The zero-order valence-electron chi connectivity index (χ0n) is 18.7. The Kier molecular flexibility index (Phi) is 6.02. The lowest BCUT2D eigenvalue weighted by atomic mass is 9.94. The van der Waals surface area contributed by atoms with Crippen LogP contribution in [0.15, 0.2) is 36.4 Å². The molecule has 2 aliphatic heterocycles. The van der Waals surface area contributed by atoms with E-state index >= 15 is 0 Å². The Bertz CT molecular complexity index is 1070. The first-order valence-electron chi connectivity index (χ1n) is 11.8. The lowest BCUT2D eigenvalue weighted by Gasteiger charge is -2.42. The van der Waals surface area contributed by atoms with Gasteiger partial charge in [-0.15, -0.1) is 0 Å². The van der Waals surface area contributed by atoms with Crippen molar-refractivity contribution in [3.05, 3.63) is 53.6 Å². The molecule has 170 valence electrons. The van der Waals surface area contributed by atoms with Crippen LogP contribution in [0, 0.1) is 5.82 Å². The van der Waals surface area contributed by atoms with Crippen molar-refractivity contribution in [2.75, 3.05) is 38.2 Å².